The largest absolute Gasteiger partial charge is 0.214 e. The molecule has 0 unspecified atom stereocenters. The zero-order chi connectivity index (χ0) is 9.73. The molecule has 0 aromatic carbocycles. The standard InChI is InChI=1S/C8H15NO2S2/c10-13(11)8-4-2-6-9(13)5-1-3-7-12/h1,3,12H,2,4-8H2/b3-1+. The van der Waals surface area contributed by atoms with Crippen LogP contribution in [-0.2, 0) is 10.0 Å². The average molecular weight is 221 g/mol. The quantitative estimate of drug-likeness (QED) is 0.568. The predicted molar refractivity (Wildman–Crippen MR) is 57.6 cm³/mol. The highest BCUT2D eigenvalue weighted by atomic mass is 32.2. The van der Waals surface area contributed by atoms with Gasteiger partial charge in [-0.25, -0.2) is 8.42 Å². The highest BCUT2D eigenvalue weighted by molar-refractivity contribution is 7.89. The molecule has 13 heavy (non-hydrogen) atoms. The molecular formula is C8H15NO2S2. The smallest absolute Gasteiger partial charge is 0.212 e. The molecule has 0 atom stereocenters. The van der Waals surface area contributed by atoms with Crippen molar-refractivity contribution in [3.05, 3.63) is 12.2 Å². The van der Waals surface area contributed by atoms with Gasteiger partial charge in [0, 0.05) is 18.8 Å². The highest BCUT2D eigenvalue weighted by Crippen LogP contribution is 2.12. The van der Waals surface area contributed by atoms with Crippen molar-refractivity contribution in [1.29, 1.82) is 0 Å². The van der Waals surface area contributed by atoms with E-state index >= 15 is 0 Å². The third kappa shape index (κ3) is 3.32. The molecule has 76 valence electrons. The Labute approximate surface area is 85.3 Å². The minimum Gasteiger partial charge on any atom is -0.212 e. The van der Waals surface area contributed by atoms with Gasteiger partial charge < -0.3 is 0 Å². The van der Waals surface area contributed by atoms with E-state index in [0.29, 0.717) is 24.6 Å². The summed E-state index contributed by atoms with van der Waals surface area (Å²) in [6.45, 7) is 1.17. The third-order valence-corrected chi connectivity index (χ3v) is 4.17. The van der Waals surface area contributed by atoms with E-state index in [2.05, 4.69) is 12.6 Å². The zero-order valence-electron chi connectivity index (χ0n) is 7.52. The maximum atomic E-state index is 11.4. The van der Waals surface area contributed by atoms with Gasteiger partial charge in [-0.15, -0.1) is 0 Å². The van der Waals surface area contributed by atoms with Gasteiger partial charge in [0.2, 0.25) is 10.0 Å². The number of hydrogen-bond donors (Lipinski definition) is 1. The van der Waals surface area contributed by atoms with E-state index in [0.717, 1.165) is 12.8 Å². The normalized spacial score (nSPS) is 23.8. The lowest BCUT2D eigenvalue weighted by Crippen LogP contribution is -2.37. The predicted octanol–water partition coefficient (Wildman–Crippen LogP) is 0.898. The fraction of sp³-hybridized carbons (Fsp3) is 0.750. The second-order valence-corrected chi connectivity index (χ2v) is 5.49. The fourth-order valence-corrected chi connectivity index (χ4v) is 3.01. The van der Waals surface area contributed by atoms with Crippen molar-refractivity contribution < 1.29 is 8.42 Å². The molecule has 3 nitrogen and oxygen atoms in total. The van der Waals surface area contributed by atoms with Crippen LogP contribution in [0.1, 0.15) is 12.8 Å². The van der Waals surface area contributed by atoms with E-state index in [1.807, 2.05) is 12.2 Å². The maximum Gasteiger partial charge on any atom is 0.214 e. The Balaban J connectivity index is 2.52. The van der Waals surface area contributed by atoms with Crippen molar-refractivity contribution in [2.45, 2.75) is 12.8 Å². The van der Waals surface area contributed by atoms with Crippen LogP contribution in [0.2, 0.25) is 0 Å². The number of rotatable bonds is 3. The first-order valence-corrected chi connectivity index (χ1v) is 6.64. The molecule has 0 spiro atoms. The average Bonchev–Trinajstić information content (AvgIpc) is 2.08. The monoisotopic (exact) mass is 221 g/mol. The van der Waals surface area contributed by atoms with E-state index in [1.54, 1.807) is 0 Å². The Morgan fingerprint density at radius 3 is 2.69 bits per heavy atom. The van der Waals surface area contributed by atoms with E-state index < -0.39 is 10.0 Å². The van der Waals surface area contributed by atoms with Crippen molar-refractivity contribution in [3.8, 4) is 0 Å². The number of thiol groups is 1. The second-order valence-electron chi connectivity index (χ2n) is 3.04. The minimum absolute atomic E-state index is 0.307. The molecule has 1 aliphatic rings. The van der Waals surface area contributed by atoms with Crippen LogP contribution in [-0.4, -0.2) is 37.3 Å². The van der Waals surface area contributed by atoms with Gasteiger partial charge in [-0.1, -0.05) is 12.2 Å². The van der Waals surface area contributed by atoms with Gasteiger partial charge in [0.25, 0.3) is 0 Å². The van der Waals surface area contributed by atoms with Gasteiger partial charge in [0.1, 0.15) is 0 Å². The summed E-state index contributed by atoms with van der Waals surface area (Å²) in [5.74, 6) is 0.968. The van der Waals surface area contributed by atoms with Gasteiger partial charge in [-0.05, 0) is 12.8 Å². The molecule has 1 heterocycles. The van der Waals surface area contributed by atoms with Crippen LogP contribution in [0.25, 0.3) is 0 Å². The number of nitrogens with zero attached hydrogens (tertiary/aromatic N) is 1. The van der Waals surface area contributed by atoms with Crippen molar-refractivity contribution in [1.82, 2.24) is 4.31 Å². The van der Waals surface area contributed by atoms with E-state index in [9.17, 15) is 8.42 Å². The summed E-state index contributed by atoms with van der Waals surface area (Å²) in [4.78, 5) is 0. The van der Waals surface area contributed by atoms with Gasteiger partial charge in [-0.2, -0.15) is 16.9 Å². The van der Waals surface area contributed by atoms with Crippen molar-refractivity contribution >= 4 is 22.7 Å². The van der Waals surface area contributed by atoms with Crippen LogP contribution in [0, 0.1) is 0 Å². The minimum atomic E-state index is -2.95. The molecule has 0 N–H and O–H groups in total. The Morgan fingerprint density at radius 1 is 1.31 bits per heavy atom. The molecule has 0 radical (unpaired) electrons. The van der Waals surface area contributed by atoms with Crippen molar-refractivity contribution in [2.24, 2.45) is 0 Å². The lowest BCUT2D eigenvalue weighted by molar-refractivity contribution is 0.410. The van der Waals surface area contributed by atoms with E-state index in [1.165, 1.54) is 4.31 Å². The summed E-state index contributed by atoms with van der Waals surface area (Å²) in [5, 5.41) is 0. The first kappa shape index (κ1) is 11.1. The number of hydrogen-bond acceptors (Lipinski definition) is 3. The van der Waals surface area contributed by atoms with Gasteiger partial charge in [-0.3, -0.25) is 0 Å². The topological polar surface area (TPSA) is 37.4 Å². The molecule has 0 amide bonds. The van der Waals surface area contributed by atoms with Crippen LogP contribution < -0.4 is 0 Å². The van der Waals surface area contributed by atoms with Crippen LogP contribution in [0.3, 0.4) is 0 Å². The molecule has 1 aliphatic heterocycles. The molecular weight excluding hydrogens is 206 g/mol. The Hall–Kier alpha value is -0.000000000000000111. The summed E-state index contributed by atoms with van der Waals surface area (Å²) < 4.78 is 24.4. The first-order chi connectivity index (χ1) is 6.17. The van der Waals surface area contributed by atoms with Crippen LogP contribution >= 0.6 is 12.6 Å². The SMILES string of the molecule is O=S1(=O)CCCCN1C/C=C/CS. The maximum absolute atomic E-state index is 11.4. The zero-order valence-corrected chi connectivity index (χ0v) is 9.23. The summed E-state index contributed by atoms with van der Waals surface area (Å²) in [5.41, 5.74) is 0. The number of sulfonamides is 1. The van der Waals surface area contributed by atoms with Crippen molar-refractivity contribution in [3.63, 3.8) is 0 Å². The molecule has 0 saturated carbocycles. The van der Waals surface area contributed by atoms with Gasteiger partial charge in [0.05, 0.1) is 5.75 Å². The van der Waals surface area contributed by atoms with E-state index in [4.69, 9.17) is 0 Å². The Kier molecular flexibility index (Phi) is 4.28. The second kappa shape index (κ2) is 5.02. The Bertz CT molecular complexity index is 272. The fourth-order valence-electron chi connectivity index (χ4n) is 1.31. The lowest BCUT2D eigenvalue weighted by atomic mass is 10.3. The van der Waals surface area contributed by atoms with Crippen LogP contribution in [0.5, 0.6) is 0 Å². The van der Waals surface area contributed by atoms with E-state index in [-0.39, 0.29) is 0 Å². The molecule has 0 aliphatic carbocycles. The molecule has 1 saturated heterocycles. The van der Waals surface area contributed by atoms with Crippen LogP contribution in [0.15, 0.2) is 12.2 Å². The summed E-state index contributed by atoms with van der Waals surface area (Å²) >= 11 is 4.01. The Morgan fingerprint density at radius 2 is 2.08 bits per heavy atom. The lowest BCUT2D eigenvalue weighted by Gasteiger charge is -2.24. The molecule has 0 bridgehead atoms. The van der Waals surface area contributed by atoms with Gasteiger partial charge >= 0.3 is 0 Å². The van der Waals surface area contributed by atoms with Crippen LogP contribution in [0.4, 0.5) is 0 Å². The molecule has 1 rings (SSSR count). The molecule has 0 aromatic rings. The summed E-state index contributed by atoms with van der Waals surface area (Å²) in [6, 6.07) is 0. The molecule has 5 heteroatoms. The third-order valence-electron chi connectivity index (χ3n) is 2.03. The summed E-state index contributed by atoms with van der Waals surface area (Å²) in [6.07, 6.45) is 5.51. The first-order valence-electron chi connectivity index (χ1n) is 4.40. The summed E-state index contributed by atoms with van der Waals surface area (Å²) in [7, 11) is -2.95. The van der Waals surface area contributed by atoms with Crippen molar-refractivity contribution in [2.75, 3.05) is 24.6 Å². The molecule has 0 aromatic heterocycles. The van der Waals surface area contributed by atoms with Gasteiger partial charge in [0.15, 0.2) is 0 Å². The molecule has 1 fully saturated rings. The highest BCUT2D eigenvalue weighted by Gasteiger charge is 2.23.